The van der Waals surface area contributed by atoms with E-state index in [9.17, 15) is 14.4 Å². The number of unbranched alkanes of at least 4 members (excludes halogenated alkanes) is 37. The SMILES string of the molecule is CCCCCCCCCCCCCCCCCCCC(=O)OCC(COC(=O)CCCCCCCCC)OC(=O)CCCCCCCCCCCCCCCCCC. The highest BCUT2D eigenvalue weighted by Crippen LogP contribution is 2.17. The van der Waals surface area contributed by atoms with Gasteiger partial charge >= 0.3 is 17.9 Å². The molecule has 0 aliphatic heterocycles. The zero-order valence-electron chi connectivity index (χ0n) is 39.3. The van der Waals surface area contributed by atoms with Gasteiger partial charge < -0.3 is 14.2 Å². The monoisotopic (exact) mass is 821 g/mol. The van der Waals surface area contributed by atoms with Gasteiger partial charge in [0.2, 0.25) is 0 Å². The largest absolute Gasteiger partial charge is 0.462 e. The molecule has 1 atom stereocenters. The molecule has 0 spiro atoms. The maximum Gasteiger partial charge on any atom is 0.306 e. The third kappa shape index (κ3) is 45.5. The summed E-state index contributed by atoms with van der Waals surface area (Å²) in [6, 6.07) is 0. The van der Waals surface area contributed by atoms with E-state index in [0.29, 0.717) is 19.3 Å². The van der Waals surface area contributed by atoms with Gasteiger partial charge in [-0.2, -0.15) is 0 Å². The molecule has 344 valence electrons. The lowest BCUT2D eigenvalue weighted by atomic mass is 10.0. The van der Waals surface area contributed by atoms with Crippen LogP contribution in [0.25, 0.3) is 0 Å². The van der Waals surface area contributed by atoms with Crippen molar-refractivity contribution in [2.75, 3.05) is 13.2 Å². The summed E-state index contributed by atoms with van der Waals surface area (Å²) in [5.74, 6) is -0.848. The molecular formula is C52H100O6. The van der Waals surface area contributed by atoms with Crippen LogP contribution in [0.15, 0.2) is 0 Å². The molecule has 0 saturated carbocycles. The highest BCUT2D eigenvalue weighted by molar-refractivity contribution is 5.71. The predicted molar refractivity (Wildman–Crippen MR) is 247 cm³/mol. The van der Waals surface area contributed by atoms with Crippen LogP contribution in [0.2, 0.25) is 0 Å². The van der Waals surface area contributed by atoms with Gasteiger partial charge in [-0.05, 0) is 19.3 Å². The number of carbonyl (C=O) groups is 3. The van der Waals surface area contributed by atoms with Crippen molar-refractivity contribution in [3.05, 3.63) is 0 Å². The number of carbonyl (C=O) groups excluding carboxylic acids is 3. The van der Waals surface area contributed by atoms with Crippen LogP contribution < -0.4 is 0 Å². The van der Waals surface area contributed by atoms with Crippen LogP contribution in [0.3, 0.4) is 0 Å². The zero-order chi connectivity index (χ0) is 42.3. The van der Waals surface area contributed by atoms with Crippen LogP contribution in [-0.4, -0.2) is 37.2 Å². The molecule has 58 heavy (non-hydrogen) atoms. The zero-order valence-corrected chi connectivity index (χ0v) is 39.3. The molecule has 6 heteroatoms. The van der Waals surface area contributed by atoms with Crippen LogP contribution in [0, 0.1) is 0 Å². The number of hydrogen-bond donors (Lipinski definition) is 0. The first-order chi connectivity index (χ1) is 28.5. The Balaban J connectivity index is 4.18. The van der Waals surface area contributed by atoms with E-state index in [1.807, 2.05) is 0 Å². The molecule has 0 rings (SSSR count). The number of hydrogen-bond acceptors (Lipinski definition) is 6. The Hall–Kier alpha value is -1.59. The average Bonchev–Trinajstić information content (AvgIpc) is 3.22. The van der Waals surface area contributed by atoms with Crippen molar-refractivity contribution in [2.45, 2.75) is 303 Å². The minimum Gasteiger partial charge on any atom is -0.462 e. The fraction of sp³-hybridized carbons (Fsp3) is 0.942. The second kappa shape index (κ2) is 48.1. The first-order valence-electron chi connectivity index (χ1n) is 26.0. The second-order valence-electron chi connectivity index (χ2n) is 17.8. The summed E-state index contributed by atoms with van der Waals surface area (Å²) in [6.07, 6.45) is 51.0. The Kier molecular flexibility index (Phi) is 46.8. The first-order valence-corrected chi connectivity index (χ1v) is 26.0. The van der Waals surface area contributed by atoms with Gasteiger partial charge in [0.25, 0.3) is 0 Å². The van der Waals surface area contributed by atoms with Crippen LogP contribution >= 0.6 is 0 Å². The van der Waals surface area contributed by atoms with E-state index in [-0.39, 0.29) is 31.1 Å². The molecule has 0 aliphatic carbocycles. The molecule has 0 bridgehead atoms. The molecule has 6 nitrogen and oxygen atoms in total. The summed E-state index contributed by atoms with van der Waals surface area (Å²) in [5.41, 5.74) is 0. The fourth-order valence-corrected chi connectivity index (χ4v) is 7.92. The molecule has 0 heterocycles. The van der Waals surface area contributed by atoms with Gasteiger partial charge in [0.1, 0.15) is 13.2 Å². The van der Waals surface area contributed by atoms with Crippen LogP contribution in [0.1, 0.15) is 297 Å². The molecule has 0 aromatic rings. The van der Waals surface area contributed by atoms with Gasteiger partial charge in [-0.25, -0.2) is 0 Å². The molecule has 0 aromatic carbocycles. The Morgan fingerprint density at radius 2 is 0.466 bits per heavy atom. The lowest BCUT2D eigenvalue weighted by Gasteiger charge is -2.18. The van der Waals surface area contributed by atoms with Gasteiger partial charge in [0.15, 0.2) is 6.10 Å². The molecule has 0 amide bonds. The van der Waals surface area contributed by atoms with E-state index in [4.69, 9.17) is 14.2 Å². The first kappa shape index (κ1) is 56.4. The molecule has 1 unspecified atom stereocenters. The van der Waals surface area contributed by atoms with E-state index in [2.05, 4.69) is 20.8 Å². The fourth-order valence-electron chi connectivity index (χ4n) is 7.92. The molecule has 0 N–H and O–H groups in total. The Labute approximate surface area is 361 Å². The van der Waals surface area contributed by atoms with Crippen molar-refractivity contribution in [1.82, 2.24) is 0 Å². The molecule has 0 saturated heterocycles. The molecule has 0 radical (unpaired) electrons. The molecule has 0 aromatic heterocycles. The Morgan fingerprint density at radius 1 is 0.276 bits per heavy atom. The van der Waals surface area contributed by atoms with Gasteiger partial charge in [0, 0.05) is 19.3 Å². The van der Waals surface area contributed by atoms with E-state index >= 15 is 0 Å². The lowest BCUT2D eigenvalue weighted by molar-refractivity contribution is -0.167. The van der Waals surface area contributed by atoms with Gasteiger partial charge in [-0.3, -0.25) is 14.4 Å². The normalized spacial score (nSPS) is 11.8. The van der Waals surface area contributed by atoms with Crippen molar-refractivity contribution in [3.8, 4) is 0 Å². The summed E-state index contributed by atoms with van der Waals surface area (Å²) < 4.78 is 16.7. The molecule has 0 aliphatic rings. The van der Waals surface area contributed by atoms with Crippen molar-refractivity contribution < 1.29 is 28.6 Å². The van der Waals surface area contributed by atoms with Crippen molar-refractivity contribution in [3.63, 3.8) is 0 Å². The summed E-state index contributed by atoms with van der Waals surface area (Å²) in [4.78, 5) is 37.8. The Morgan fingerprint density at radius 3 is 0.690 bits per heavy atom. The van der Waals surface area contributed by atoms with Crippen LogP contribution in [0.4, 0.5) is 0 Å². The van der Waals surface area contributed by atoms with Crippen LogP contribution in [0.5, 0.6) is 0 Å². The summed E-state index contributed by atoms with van der Waals surface area (Å²) in [6.45, 7) is 6.65. The smallest absolute Gasteiger partial charge is 0.306 e. The van der Waals surface area contributed by atoms with Gasteiger partial charge in [-0.1, -0.05) is 258 Å². The average molecular weight is 821 g/mol. The van der Waals surface area contributed by atoms with Gasteiger partial charge in [0.05, 0.1) is 0 Å². The van der Waals surface area contributed by atoms with E-state index in [0.717, 1.165) is 57.8 Å². The number of esters is 3. The quantitative estimate of drug-likeness (QED) is 0.0346. The van der Waals surface area contributed by atoms with E-state index in [1.54, 1.807) is 0 Å². The second-order valence-corrected chi connectivity index (χ2v) is 17.8. The van der Waals surface area contributed by atoms with E-state index < -0.39 is 6.10 Å². The molecule has 0 fully saturated rings. The van der Waals surface area contributed by atoms with Crippen LogP contribution in [-0.2, 0) is 28.6 Å². The predicted octanol–water partition coefficient (Wildman–Crippen LogP) is 16.8. The van der Waals surface area contributed by atoms with Crippen molar-refractivity contribution >= 4 is 17.9 Å². The van der Waals surface area contributed by atoms with Crippen molar-refractivity contribution in [2.24, 2.45) is 0 Å². The standard InChI is InChI=1S/C52H100O6/c1-4-7-10-13-16-18-20-22-24-26-28-29-31-33-36-39-42-45-51(54)57-48-49(47-56-50(53)44-41-38-35-15-12-9-6-3)58-52(55)46-43-40-37-34-32-30-27-25-23-21-19-17-14-11-8-5-2/h49H,4-48H2,1-3H3. The van der Waals surface area contributed by atoms with Crippen molar-refractivity contribution in [1.29, 1.82) is 0 Å². The maximum atomic E-state index is 12.8. The third-order valence-electron chi connectivity index (χ3n) is 11.9. The number of rotatable bonds is 48. The lowest BCUT2D eigenvalue weighted by Crippen LogP contribution is -2.30. The summed E-state index contributed by atoms with van der Waals surface area (Å²) in [5, 5.41) is 0. The maximum absolute atomic E-state index is 12.8. The minimum absolute atomic E-state index is 0.0623. The Bertz CT molecular complexity index is 859. The topological polar surface area (TPSA) is 78.9 Å². The summed E-state index contributed by atoms with van der Waals surface area (Å²) in [7, 11) is 0. The summed E-state index contributed by atoms with van der Waals surface area (Å²) >= 11 is 0. The highest BCUT2D eigenvalue weighted by Gasteiger charge is 2.19. The number of ether oxygens (including phenoxy) is 3. The molecular weight excluding hydrogens is 721 g/mol. The highest BCUT2D eigenvalue weighted by atomic mass is 16.6. The minimum atomic E-state index is -0.758. The van der Waals surface area contributed by atoms with E-state index in [1.165, 1.54) is 199 Å². The van der Waals surface area contributed by atoms with Gasteiger partial charge in [-0.15, -0.1) is 0 Å². The third-order valence-corrected chi connectivity index (χ3v) is 11.9.